The first-order valence-electron chi connectivity index (χ1n) is 7.73. The summed E-state index contributed by atoms with van der Waals surface area (Å²) in [7, 11) is -3.35. The highest BCUT2D eigenvalue weighted by atomic mass is 32.2. The first-order chi connectivity index (χ1) is 12.7. The zero-order chi connectivity index (χ0) is 19.6. The number of benzene rings is 1. The maximum atomic E-state index is 12.3. The van der Waals surface area contributed by atoms with E-state index in [0.29, 0.717) is 22.4 Å². The molecule has 3 rings (SSSR count). The summed E-state index contributed by atoms with van der Waals surface area (Å²) in [5.74, 6) is 0.390. The van der Waals surface area contributed by atoms with Crippen molar-refractivity contribution in [3.63, 3.8) is 0 Å². The van der Waals surface area contributed by atoms with Gasteiger partial charge in [0, 0.05) is 11.3 Å². The van der Waals surface area contributed by atoms with Gasteiger partial charge in [-0.15, -0.1) is 21.5 Å². The van der Waals surface area contributed by atoms with Gasteiger partial charge in [-0.3, -0.25) is 9.52 Å². The maximum absolute atomic E-state index is 12.3. The predicted octanol–water partition coefficient (Wildman–Crippen LogP) is 3.16. The second kappa shape index (κ2) is 7.79. The summed E-state index contributed by atoms with van der Waals surface area (Å²) < 4.78 is 30.3. The van der Waals surface area contributed by atoms with Crippen molar-refractivity contribution in [3.8, 4) is 10.8 Å². The van der Waals surface area contributed by atoms with Crippen LogP contribution in [0.25, 0.3) is 10.8 Å². The van der Waals surface area contributed by atoms with Crippen LogP contribution in [0.2, 0.25) is 0 Å². The van der Waals surface area contributed by atoms with Crippen molar-refractivity contribution in [1.82, 2.24) is 15.2 Å². The lowest BCUT2D eigenvalue weighted by atomic mass is 10.1. The minimum absolute atomic E-state index is 0.126. The van der Waals surface area contributed by atoms with E-state index in [2.05, 4.69) is 19.9 Å². The van der Waals surface area contributed by atoms with Crippen molar-refractivity contribution in [2.24, 2.45) is 0 Å². The Bertz CT molecular complexity index is 1070. The average Bonchev–Trinajstić information content (AvgIpc) is 3.17. The number of ketones is 1. The molecule has 27 heavy (non-hydrogen) atoms. The minimum atomic E-state index is -3.35. The zero-order valence-electron chi connectivity index (χ0n) is 14.7. The summed E-state index contributed by atoms with van der Waals surface area (Å²) in [6.45, 7) is 3.78. The number of Topliss-reactive ketones (excluding diaryl/α,β-unsaturated/α-hetero) is 1. The monoisotopic (exact) mass is 424 g/mol. The predicted molar refractivity (Wildman–Crippen MR) is 105 cm³/mol. The smallest absolute Gasteiger partial charge is 0.277 e. The van der Waals surface area contributed by atoms with Crippen LogP contribution in [0.5, 0.6) is 0 Å². The molecular weight excluding hydrogens is 408 g/mol. The number of nitrogens with one attached hydrogen (secondary N) is 1. The van der Waals surface area contributed by atoms with Crippen LogP contribution in [0.4, 0.5) is 5.69 Å². The molecule has 0 amide bonds. The lowest BCUT2D eigenvalue weighted by Gasteiger charge is -2.04. The van der Waals surface area contributed by atoms with Gasteiger partial charge in [0.25, 0.3) is 11.1 Å². The van der Waals surface area contributed by atoms with Gasteiger partial charge < -0.3 is 4.42 Å². The Balaban J connectivity index is 1.62. The van der Waals surface area contributed by atoms with E-state index in [-0.39, 0.29) is 11.5 Å². The lowest BCUT2D eigenvalue weighted by Crippen LogP contribution is -2.10. The molecule has 0 atom stereocenters. The summed E-state index contributed by atoms with van der Waals surface area (Å²) in [5, 5.41) is 9.19. The van der Waals surface area contributed by atoms with Crippen LogP contribution in [0.1, 0.15) is 21.1 Å². The van der Waals surface area contributed by atoms with Gasteiger partial charge in [-0.2, -0.15) is 0 Å². The quantitative estimate of drug-likeness (QED) is 0.454. The number of thiazole rings is 1. The molecule has 1 aromatic carbocycles. The lowest BCUT2D eigenvalue weighted by molar-refractivity contribution is 0.102. The van der Waals surface area contributed by atoms with Gasteiger partial charge in [0.05, 0.1) is 22.7 Å². The molecule has 0 unspecified atom stereocenters. The van der Waals surface area contributed by atoms with E-state index in [1.54, 1.807) is 24.3 Å². The molecule has 2 heterocycles. The van der Waals surface area contributed by atoms with Crippen molar-refractivity contribution in [2.45, 2.75) is 19.1 Å². The van der Waals surface area contributed by atoms with E-state index in [4.69, 9.17) is 4.42 Å². The summed E-state index contributed by atoms with van der Waals surface area (Å²) in [4.78, 5) is 17.4. The molecule has 3 aromatic rings. The standard InChI is InChI=1S/C16H16N4O4S3/c1-9-14(26-10(2)17-9)15-18-19-16(24-15)25-8-13(21)11-4-6-12(7-5-11)20-27(3,22)23/h4-7,20H,8H2,1-3H3. The number of nitrogens with zero attached hydrogens (tertiary/aromatic N) is 3. The number of rotatable bonds is 7. The summed E-state index contributed by atoms with van der Waals surface area (Å²) >= 11 is 2.62. The Labute approximate surface area is 164 Å². The van der Waals surface area contributed by atoms with Gasteiger partial charge in [-0.25, -0.2) is 13.4 Å². The number of aromatic nitrogens is 3. The van der Waals surface area contributed by atoms with E-state index >= 15 is 0 Å². The molecule has 0 fully saturated rings. The molecule has 8 nitrogen and oxygen atoms in total. The molecule has 0 saturated heterocycles. The van der Waals surface area contributed by atoms with Crippen LogP contribution in [-0.4, -0.2) is 41.4 Å². The molecule has 11 heteroatoms. The Kier molecular flexibility index (Phi) is 5.63. The van der Waals surface area contributed by atoms with Crippen molar-refractivity contribution in [1.29, 1.82) is 0 Å². The largest absolute Gasteiger partial charge is 0.410 e. The second-order valence-corrected chi connectivity index (χ2v) is 9.56. The Morgan fingerprint density at radius 3 is 2.52 bits per heavy atom. The molecule has 0 spiro atoms. The topological polar surface area (TPSA) is 115 Å². The SMILES string of the molecule is Cc1nc(C)c(-c2nnc(SCC(=O)c3ccc(NS(C)(=O)=O)cc3)o2)s1. The van der Waals surface area contributed by atoms with Crippen LogP contribution in [0.3, 0.4) is 0 Å². The van der Waals surface area contributed by atoms with Gasteiger partial charge in [0.1, 0.15) is 4.88 Å². The van der Waals surface area contributed by atoms with Gasteiger partial charge in [-0.05, 0) is 38.1 Å². The fourth-order valence-corrected chi connectivity index (χ4v) is 4.30. The van der Waals surface area contributed by atoms with Crippen LogP contribution >= 0.6 is 23.1 Å². The minimum Gasteiger partial charge on any atom is -0.410 e. The van der Waals surface area contributed by atoms with Crippen LogP contribution in [0, 0.1) is 13.8 Å². The summed E-state index contributed by atoms with van der Waals surface area (Å²) in [6, 6.07) is 6.22. The third kappa shape index (κ3) is 5.15. The van der Waals surface area contributed by atoms with E-state index in [1.807, 2.05) is 13.8 Å². The van der Waals surface area contributed by atoms with Crippen molar-refractivity contribution in [2.75, 3.05) is 16.7 Å². The first-order valence-corrected chi connectivity index (χ1v) is 11.4. The van der Waals surface area contributed by atoms with E-state index in [0.717, 1.165) is 33.6 Å². The van der Waals surface area contributed by atoms with E-state index in [1.165, 1.54) is 11.3 Å². The van der Waals surface area contributed by atoms with Gasteiger partial charge in [0.15, 0.2) is 5.78 Å². The van der Waals surface area contributed by atoms with Crippen LogP contribution < -0.4 is 4.72 Å². The number of carbonyl (C=O) groups excluding carboxylic acids is 1. The number of carbonyl (C=O) groups is 1. The van der Waals surface area contributed by atoms with Gasteiger partial charge >= 0.3 is 0 Å². The second-order valence-electron chi connectivity index (χ2n) is 5.68. The Morgan fingerprint density at radius 1 is 1.22 bits per heavy atom. The number of hydrogen-bond donors (Lipinski definition) is 1. The summed E-state index contributed by atoms with van der Waals surface area (Å²) in [5.41, 5.74) is 1.70. The van der Waals surface area contributed by atoms with Crippen LogP contribution in [-0.2, 0) is 10.0 Å². The van der Waals surface area contributed by atoms with E-state index in [9.17, 15) is 13.2 Å². The highest BCUT2D eigenvalue weighted by Crippen LogP contribution is 2.30. The third-order valence-corrected chi connectivity index (χ3v) is 5.83. The molecule has 1 N–H and O–H groups in total. The third-order valence-electron chi connectivity index (χ3n) is 3.34. The van der Waals surface area contributed by atoms with Gasteiger partial charge in [-0.1, -0.05) is 11.8 Å². The normalized spacial score (nSPS) is 11.5. The number of thioether (sulfide) groups is 1. The zero-order valence-corrected chi connectivity index (χ0v) is 17.2. The highest BCUT2D eigenvalue weighted by Gasteiger charge is 2.16. The fraction of sp³-hybridized carbons (Fsp3) is 0.250. The van der Waals surface area contributed by atoms with Crippen molar-refractivity contribution in [3.05, 3.63) is 40.5 Å². The molecular formula is C16H16N4O4S3. The highest BCUT2D eigenvalue weighted by molar-refractivity contribution is 7.99. The number of hydrogen-bond acceptors (Lipinski definition) is 9. The Morgan fingerprint density at radius 2 is 1.93 bits per heavy atom. The molecule has 0 aliphatic carbocycles. The molecule has 0 bridgehead atoms. The van der Waals surface area contributed by atoms with Crippen LogP contribution in [0.15, 0.2) is 33.9 Å². The molecule has 0 aliphatic heterocycles. The maximum Gasteiger partial charge on any atom is 0.277 e. The number of anilines is 1. The first kappa shape index (κ1) is 19.5. The Hall–Kier alpha value is -2.24. The van der Waals surface area contributed by atoms with Crippen molar-refractivity contribution < 1.29 is 17.6 Å². The molecule has 0 saturated carbocycles. The van der Waals surface area contributed by atoms with Crippen molar-refractivity contribution >= 4 is 44.6 Å². The summed E-state index contributed by atoms with van der Waals surface area (Å²) in [6.07, 6.45) is 1.07. The van der Waals surface area contributed by atoms with E-state index < -0.39 is 10.0 Å². The van der Waals surface area contributed by atoms with Gasteiger partial charge in [0.2, 0.25) is 10.0 Å². The molecule has 2 aromatic heterocycles. The number of aryl methyl sites for hydroxylation is 2. The molecule has 0 aliphatic rings. The average molecular weight is 425 g/mol. The fourth-order valence-electron chi connectivity index (χ4n) is 2.24. The molecule has 142 valence electrons. The number of sulfonamides is 1. The molecule has 0 radical (unpaired) electrons.